The highest BCUT2D eigenvalue weighted by Gasteiger charge is 2.42. The zero-order chi connectivity index (χ0) is 16.1. The molecule has 3 atom stereocenters. The van der Waals surface area contributed by atoms with Crippen molar-refractivity contribution in [1.29, 1.82) is 0 Å². The van der Waals surface area contributed by atoms with E-state index in [1.54, 1.807) is 22.3 Å². The fraction of sp³-hybridized carbons (Fsp3) is 0.250. The van der Waals surface area contributed by atoms with Gasteiger partial charge in [0.15, 0.2) is 0 Å². The van der Waals surface area contributed by atoms with Gasteiger partial charge >= 0.3 is 0 Å². The first-order chi connectivity index (χ1) is 11.8. The van der Waals surface area contributed by atoms with Gasteiger partial charge in [0.05, 0.1) is 0 Å². The molecule has 3 aromatic rings. The molecule has 0 unspecified atom stereocenters. The van der Waals surface area contributed by atoms with E-state index in [2.05, 4.69) is 79.7 Å². The third-order valence-corrected chi connectivity index (χ3v) is 6.09. The highest BCUT2D eigenvalue weighted by Crippen LogP contribution is 2.53. The minimum atomic E-state index is 0.521. The van der Waals surface area contributed by atoms with Crippen LogP contribution in [0.15, 0.2) is 72.8 Å². The largest absolute Gasteiger partial charge is 0.0622 e. The topological polar surface area (TPSA) is 0 Å². The quantitative estimate of drug-likeness (QED) is 0.545. The zero-order valence-electron chi connectivity index (χ0n) is 14.1. The van der Waals surface area contributed by atoms with Crippen molar-refractivity contribution >= 4 is 0 Å². The molecule has 0 bridgehead atoms. The van der Waals surface area contributed by atoms with Crippen LogP contribution >= 0.6 is 0 Å². The van der Waals surface area contributed by atoms with Gasteiger partial charge in [-0.3, -0.25) is 0 Å². The van der Waals surface area contributed by atoms with Crippen LogP contribution in [-0.4, -0.2) is 0 Å². The monoisotopic (exact) mass is 310 g/mol. The number of benzene rings is 3. The molecule has 5 rings (SSSR count). The second-order valence-electron chi connectivity index (χ2n) is 7.47. The van der Waals surface area contributed by atoms with Crippen LogP contribution in [-0.2, 0) is 12.8 Å². The Hall–Kier alpha value is -2.34. The predicted molar refractivity (Wildman–Crippen MR) is 99.5 cm³/mol. The van der Waals surface area contributed by atoms with Gasteiger partial charge in [-0.25, -0.2) is 0 Å². The van der Waals surface area contributed by atoms with Gasteiger partial charge in [-0.15, -0.1) is 0 Å². The second-order valence-corrected chi connectivity index (χ2v) is 7.47. The van der Waals surface area contributed by atoms with Gasteiger partial charge in [0, 0.05) is 5.92 Å². The SMILES string of the molecule is Cc1ccc2c(c1)[C@@H](c1ccccc1)[C@@H]1Cc3ccccc3[C@@H]1C2. The van der Waals surface area contributed by atoms with Crippen molar-refractivity contribution in [3.05, 3.63) is 106 Å². The summed E-state index contributed by atoms with van der Waals surface area (Å²) in [5.41, 5.74) is 9.13. The Kier molecular flexibility index (Phi) is 3.13. The summed E-state index contributed by atoms with van der Waals surface area (Å²) in [7, 11) is 0. The van der Waals surface area contributed by atoms with Gasteiger partial charge in [0.25, 0.3) is 0 Å². The molecule has 2 aliphatic carbocycles. The molecule has 0 aliphatic heterocycles. The van der Waals surface area contributed by atoms with E-state index in [9.17, 15) is 0 Å². The van der Waals surface area contributed by atoms with Crippen LogP contribution in [0.2, 0.25) is 0 Å². The zero-order valence-corrected chi connectivity index (χ0v) is 14.1. The van der Waals surface area contributed by atoms with E-state index in [0.29, 0.717) is 17.8 Å². The van der Waals surface area contributed by atoms with Crippen molar-refractivity contribution in [1.82, 2.24) is 0 Å². The Bertz CT molecular complexity index is 891. The molecule has 118 valence electrons. The lowest BCUT2D eigenvalue weighted by Crippen LogP contribution is -2.26. The minimum Gasteiger partial charge on any atom is -0.0622 e. The molecule has 0 saturated heterocycles. The number of rotatable bonds is 1. The summed E-state index contributed by atoms with van der Waals surface area (Å²) in [4.78, 5) is 0. The summed E-state index contributed by atoms with van der Waals surface area (Å²) in [6, 6.07) is 27.4. The van der Waals surface area contributed by atoms with Gasteiger partial charge in [-0.2, -0.15) is 0 Å². The van der Waals surface area contributed by atoms with E-state index in [4.69, 9.17) is 0 Å². The maximum absolute atomic E-state index is 2.44. The summed E-state index contributed by atoms with van der Waals surface area (Å²) in [5.74, 6) is 1.88. The Morgan fingerprint density at radius 1 is 0.708 bits per heavy atom. The molecule has 2 aliphatic rings. The molecule has 3 aromatic carbocycles. The third-order valence-electron chi connectivity index (χ3n) is 6.09. The molecule has 0 saturated carbocycles. The average molecular weight is 310 g/mol. The first kappa shape index (κ1) is 14.0. The number of fused-ring (bicyclic) bond motifs is 4. The first-order valence-electron chi connectivity index (χ1n) is 9.03. The average Bonchev–Trinajstić information content (AvgIpc) is 2.98. The summed E-state index contributed by atoms with van der Waals surface area (Å²) in [6.07, 6.45) is 2.41. The van der Waals surface area contributed by atoms with Crippen LogP contribution in [0.25, 0.3) is 0 Å². The van der Waals surface area contributed by atoms with Gasteiger partial charge in [-0.05, 0) is 59.4 Å². The fourth-order valence-electron chi connectivity index (χ4n) is 5.06. The van der Waals surface area contributed by atoms with E-state index in [1.165, 1.54) is 24.0 Å². The van der Waals surface area contributed by atoms with E-state index in [1.807, 2.05) is 0 Å². The Balaban J connectivity index is 1.71. The summed E-state index contributed by atoms with van der Waals surface area (Å²) >= 11 is 0. The minimum absolute atomic E-state index is 0.521. The lowest BCUT2D eigenvalue weighted by molar-refractivity contribution is 0.382. The van der Waals surface area contributed by atoms with Crippen molar-refractivity contribution in [2.45, 2.75) is 31.6 Å². The Morgan fingerprint density at radius 2 is 1.46 bits per heavy atom. The molecule has 0 radical (unpaired) electrons. The molecule has 0 amide bonds. The van der Waals surface area contributed by atoms with Gasteiger partial charge in [-0.1, -0.05) is 78.4 Å². The normalized spacial score (nSPS) is 24.1. The van der Waals surface area contributed by atoms with Crippen molar-refractivity contribution < 1.29 is 0 Å². The lowest BCUT2D eigenvalue weighted by Gasteiger charge is -2.37. The predicted octanol–water partition coefficient (Wildman–Crippen LogP) is 5.64. The van der Waals surface area contributed by atoms with Crippen molar-refractivity contribution in [2.75, 3.05) is 0 Å². The van der Waals surface area contributed by atoms with Crippen LogP contribution in [0.3, 0.4) is 0 Å². The highest BCUT2D eigenvalue weighted by molar-refractivity contribution is 5.49. The number of aryl methyl sites for hydroxylation is 1. The van der Waals surface area contributed by atoms with E-state index < -0.39 is 0 Å². The van der Waals surface area contributed by atoms with Crippen LogP contribution in [0.1, 0.15) is 45.2 Å². The smallest absolute Gasteiger partial charge is 0.0130 e. The summed E-state index contributed by atoms with van der Waals surface area (Å²) in [5, 5.41) is 0. The van der Waals surface area contributed by atoms with Gasteiger partial charge in [0.1, 0.15) is 0 Å². The van der Waals surface area contributed by atoms with Crippen LogP contribution in [0.4, 0.5) is 0 Å². The van der Waals surface area contributed by atoms with E-state index in [-0.39, 0.29) is 0 Å². The first-order valence-corrected chi connectivity index (χ1v) is 9.03. The lowest BCUT2D eigenvalue weighted by atomic mass is 9.67. The maximum Gasteiger partial charge on any atom is 0.0130 e. The van der Waals surface area contributed by atoms with Crippen LogP contribution in [0.5, 0.6) is 0 Å². The van der Waals surface area contributed by atoms with Gasteiger partial charge < -0.3 is 0 Å². The Morgan fingerprint density at radius 3 is 2.33 bits per heavy atom. The van der Waals surface area contributed by atoms with Crippen LogP contribution < -0.4 is 0 Å². The molecular formula is C24H22. The molecular weight excluding hydrogens is 288 g/mol. The van der Waals surface area contributed by atoms with Gasteiger partial charge in [0.2, 0.25) is 0 Å². The van der Waals surface area contributed by atoms with Crippen LogP contribution in [0, 0.1) is 12.8 Å². The molecule has 0 heterocycles. The van der Waals surface area contributed by atoms with Crippen molar-refractivity contribution in [3.63, 3.8) is 0 Å². The standard InChI is InChI=1S/C24H22/c1-16-11-12-19-14-22-20-10-6-5-9-18(20)15-23(22)24(21(19)13-16)17-7-3-2-4-8-17/h2-13,22-24H,14-15H2,1H3/t22-,23+,24+/m0/s1. The fourth-order valence-corrected chi connectivity index (χ4v) is 5.06. The molecule has 0 fully saturated rings. The number of hydrogen-bond donors (Lipinski definition) is 0. The second kappa shape index (κ2) is 5.34. The maximum atomic E-state index is 2.44. The highest BCUT2D eigenvalue weighted by atomic mass is 14.5. The van der Waals surface area contributed by atoms with E-state index in [0.717, 1.165) is 0 Å². The Labute approximate surface area is 144 Å². The molecule has 0 nitrogen and oxygen atoms in total. The summed E-state index contributed by atoms with van der Waals surface area (Å²) < 4.78 is 0. The third kappa shape index (κ3) is 2.06. The number of hydrogen-bond acceptors (Lipinski definition) is 0. The molecule has 0 spiro atoms. The summed E-state index contributed by atoms with van der Waals surface area (Å²) in [6.45, 7) is 2.22. The molecule has 0 heteroatoms. The van der Waals surface area contributed by atoms with Crippen molar-refractivity contribution in [2.24, 2.45) is 5.92 Å². The van der Waals surface area contributed by atoms with E-state index >= 15 is 0 Å². The van der Waals surface area contributed by atoms with Crippen molar-refractivity contribution in [3.8, 4) is 0 Å². The molecule has 0 aromatic heterocycles. The molecule has 0 N–H and O–H groups in total. The molecule has 24 heavy (non-hydrogen) atoms.